The molecule has 3 aromatic rings. The third-order valence-electron chi connectivity index (χ3n) is 2.79. The van der Waals surface area contributed by atoms with E-state index in [9.17, 15) is 0 Å². The lowest BCUT2D eigenvalue weighted by Crippen LogP contribution is -1.95. The Morgan fingerprint density at radius 1 is 1.17 bits per heavy atom. The first-order valence-electron chi connectivity index (χ1n) is 5.70. The lowest BCUT2D eigenvalue weighted by atomic mass is 10.1. The Morgan fingerprint density at radius 2 is 2.00 bits per heavy atom. The van der Waals surface area contributed by atoms with E-state index in [1.165, 1.54) is 0 Å². The summed E-state index contributed by atoms with van der Waals surface area (Å²) in [6, 6.07) is 7.78. The average Bonchev–Trinajstić information content (AvgIpc) is 2.63. The lowest BCUT2D eigenvalue weighted by Gasteiger charge is -2.02. The summed E-state index contributed by atoms with van der Waals surface area (Å²) >= 11 is 0. The normalized spacial score (nSPS) is 11.0. The molecule has 5 heteroatoms. The molecule has 0 aromatic carbocycles. The first-order valence-corrected chi connectivity index (χ1v) is 5.70. The third kappa shape index (κ3) is 1.60. The van der Waals surface area contributed by atoms with Gasteiger partial charge in [-0.2, -0.15) is 0 Å². The molecule has 0 radical (unpaired) electrons. The minimum atomic E-state index is 0.485. The standard InChI is InChI=1S/C13H13N5/c1-8-7-10(16-9(2)15-8)12-11-5-3-4-6-18(11)17-13(12)14/h3-7H,1-2H3,(H2,14,17). The average molecular weight is 239 g/mol. The molecular weight excluding hydrogens is 226 g/mol. The molecule has 0 aliphatic heterocycles. The van der Waals surface area contributed by atoms with Gasteiger partial charge in [0, 0.05) is 11.9 Å². The molecule has 90 valence electrons. The molecule has 0 saturated heterocycles. The van der Waals surface area contributed by atoms with Crippen LogP contribution < -0.4 is 5.73 Å². The molecule has 3 heterocycles. The van der Waals surface area contributed by atoms with Crippen LogP contribution in [0.15, 0.2) is 30.5 Å². The van der Waals surface area contributed by atoms with Crippen LogP contribution in [0.2, 0.25) is 0 Å². The number of rotatable bonds is 1. The van der Waals surface area contributed by atoms with Crippen LogP contribution in [-0.4, -0.2) is 19.6 Å². The lowest BCUT2D eigenvalue weighted by molar-refractivity contribution is 0.968. The van der Waals surface area contributed by atoms with Crippen molar-refractivity contribution in [2.75, 3.05) is 5.73 Å². The Hall–Kier alpha value is -2.43. The summed E-state index contributed by atoms with van der Waals surface area (Å²) in [5.74, 6) is 1.22. The van der Waals surface area contributed by atoms with Gasteiger partial charge in [-0.3, -0.25) is 0 Å². The number of nitrogens with two attached hydrogens (primary N) is 1. The summed E-state index contributed by atoms with van der Waals surface area (Å²) in [5.41, 5.74) is 9.55. The number of aryl methyl sites for hydroxylation is 2. The van der Waals surface area contributed by atoms with Crippen LogP contribution in [0.5, 0.6) is 0 Å². The van der Waals surface area contributed by atoms with Gasteiger partial charge >= 0.3 is 0 Å². The number of anilines is 1. The second kappa shape index (κ2) is 3.80. The minimum Gasteiger partial charge on any atom is -0.382 e. The van der Waals surface area contributed by atoms with E-state index in [4.69, 9.17) is 5.73 Å². The van der Waals surface area contributed by atoms with Gasteiger partial charge in [0.25, 0.3) is 0 Å². The maximum atomic E-state index is 5.99. The van der Waals surface area contributed by atoms with E-state index in [-0.39, 0.29) is 0 Å². The van der Waals surface area contributed by atoms with Crippen molar-refractivity contribution in [1.29, 1.82) is 0 Å². The van der Waals surface area contributed by atoms with Crippen molar-refractivity contribution in [2.24, 2.45) is 0 Å². The Kier molecular flexibility index (Phi) is 2.26. The second-order valence-corrected chi connectivity index (χ2v) is 4.23. The molecule has 18 heavy (non-hydrogen) atoms. The Labute approximate surface area is 104 Å². The van der Waals surface area contributed by atoms with Crippen LogP contribution in [0, 0.1) is 13.8 Å². The fourth-order valence-electron chi connectivity index (χ4n) is 2.12. The number of nitrogen functional groups attached to an aromatic ring is 1. The van der Waals surface area contributed by atoms with Gasteiger partial charge in [-0.1, -0.05) is 6.07 Å². The zero-order valence-corrected chi connectivity index (χ0v) is 10.3. The summed E-state index contributed by atoms with van der Waals surface area (Å²) < 4.78 is 1.76. The quantitative estimate of drug-likeness (QED) is 0.705. The molecule has 0 bridgehead atoms. The molecule has 0 amide bonds. The third-order valence-corrected chi connectivity index (χ3v) is 2.79. The van der Waals surface area contributed by atoms with Gasteiger partial charge in [0.05, 0.1) is 16.8 Å². The van der Waals surface area contributed by atoms with E-state index in [1.807, 2.05) is 44.3 Å². The Balaban J connectivity index is 2.34. The second-order valence-electron chi connectivity index (χ2n) is 4.23. The first kappa shape index (κ1) is 10.7. The van der Waals surface area contributed by atoms with E-state index >= 15 is 0 Å². The molecule has 2 N–H and O–H groups in total. The summed E-state index contributed by atoms with van der Waals surface area (Å²) in [5, 5.41) is 4.28. The fourth-order valence-corrected chi connectivity index (χ4v) is 2.12. The van der Waals surface area contributed by atoms with Gasteiger partial charge < -0.3 is 5.73 Å². The summed E-state index contributed by atoms with van der Waals surface area (Å²) in [7, 11) is 0. The maximum absolute atomic E-state index is 5.99. The van der Waals surface area contributed by atoms with Crippen molar-refractivity contribution >= 4 is 11.3 Å². The first-order chi connectivity index (χ1) is 8.65. The van der Waals surface area contributed by atoms with E-state index in [2.05, 4.69) is 15.1 Å². The zero-order chi connectivity index (χ0) is 12.7. The number of hydrogen-bond donors (Lipinski definition) is 1. The minimum absolute atomic E-state index is 0.485. The zero-order valence-electron chi connectivity index (χ0n) is 10.3. The highest BCUT2D eigenvalue weighted by Crippen LogP contribution is 2.28. The molecule has 3 rings (SSSR count). The number of fused-ring (bicyclic) bond motifs is 1. The smallest absolute Gasteiger partial charge is 0.156 e. The molecule has 0 fully saturated rings. The predicted octanol–water partition coefficient (Wildman–Crippen LogP) is 1.99. The SMILES string of the molecule is Cc1cc(-c2c(N)nn3ccccc23)nc(C)n1. The van der Waals surface area contributed by atoms with Crippen LogP contribution in [0.4, 0.5) is 5.82 Å². The molecule has 0 atom stereocenters. The highest BCUT2D eigenvalue weighted by molar-refractivity contribution is 5.86. The van der Waals surface area contributed by atoms with Crippen LogP contribution in [0.25, 0.3) is 16.8 Å². The van der Waals surface area contributed by atoms with Crippen LogP contribution in [0.1, 0.15) is 11.5 Å². The molecule has 0 unspecified atom stereocenters. The van der Waals surface area contributed by atoms with Gasteiger partial charge in [-0.05, 0) is 32.0 Å². The molecule has 0 spiro atoms. The number of hydrogen-bond acceptors (Lipinski definition) is 4. The fraction of sp³-hybridized carbons (Fsp3) is 0.154. The molecule has 0 aliphatic carbocycles. The highest BCUT2D eigenvalue weighted by Gasteiger charge is 2.13. The molecular formula is C13H13N5. The molecule has 5 nitrogen and oxygen atoms in total. The molecule has 0 saturated carbocycles. The van der Waals surface area contributed by atoms with Crippen molar-refractivity contribution < 1.29 is 0 Å². The highest BCUT2D eigenvalue weighted by atomic mass is 15.2. The van der Waals surface area contributed by atoms with Crippen molar-refractivity contribution in [3.8, 4) is 11.3 Å². The molecule has 3 aromatic heterocycles. The maximum Gasteiger partial charge on any atom is 0.156 e. The number of aromatic nitrogens is 4. The van der Waals surface area contributed by atoms with Gasteiger partial charge in [0.15, 0.2) is 5.82 Å². The number of pyridine rings is 1. The summed E-state index contributed by atoms with van der Waals surface area (Å²) in [6.45, 7) is 3.82. The van der Waals surface area contributed by atoms with E-state index in [0.29, 0.717) is 5.82 Å². The van der Waals surface area contributed by atoms with Crippen LogP contribution in [0.3, 0.4) is 0 Å². The van der Waals surface area contributed by atoms with E-state index < -0.39 is 0 Å². The van der Waals surface area contributed by atoms with Crippen LogP contribution in [-0.2, 0) is 0 Å². The van der Waals surface area contributed by atoms with Gasteiger partial charge in [-0.25, -0.2) is 14.5 Å². The Bertz CT molecular complexity index is 709. The monoisotopic (exact) mass is 239 g/mol. The molecule has 0 aliphatic rings. The van der Waals surface area contributed by atoms with Crippen molar-refractivity contribution in [1.82, 2.24) is 19.6 Å². The summed E-state index contributed by atoms with van der Waals surface area (Å²) in [6.07, 6.45) is 1.87. The number of nitrogens with zero attached hydrogens (tertiary/aromatic N) is 4. The van der Waals surface area contributed by atoms with Crippen LogP contribution >= 0.6 is 0 Å². The predicted molar refractivity (Wildman–Crippen MR) is 70.1 cm³/mol. The van der Waals surface area contributed by atoms with E-state index in [1.54, 1.807) is 4.52 Å². The van der Waals surface area contributed by atoms with Crippen molar-refractivity contribution in [3.63, 3.8) is 0 Å². The Morgan fingerprint density at radius 3 is 2.78 bits per heavy atom. The van der Waals surface area contributed by atoms with Gasteiger partial charge in [0.2, 0.25) is 0 Å². The summed E-state index contributed by atoms with van der Waals surface area (Å²) in [4.78, 5) is 8.72. The van der Waals surface area contributed by atoms with E-state index in [0.717, 1.165) is 28.3 Å². The van der Waals surface area contributed by atoms with Gasteiger partial charge in [-0.15, -0.1) is 5.10 Å². The van der Waals surface area contributed by atoms with Crippen molar-refractivity contribution in [3.05, 3.63) is 42.0 Å². The topological polar surface area (TPSA) is 69.1 Å². The largest absolute Gasteiger partial charge is 0.382 e. The van der Waals surface area contributed by atoms with Crippen molar-refractivity contribution in [2.45, 2.75) is 13.8 Å². The van der Waals surface area contributed by atoms with Gasteiger partial charge in [0.1, 0.15) is 5.82 Å².